The topological polar surface area (TPSA) is 64.0 Å². The van der Waals surface area contributed by atoms with Crippen LogP contribution in [0.2, 0.25) is 0 Å². The number of nitrogens with zero attached hydrogens (tertiary/aromatic N) is 2. The second kappa shape index (κ2) is 8.39. The first kappa shape index (κ1) is 19.2. The number of benzene rings is 2. The molecular formula is C21H23N3O2S. The van der Waals surface area contributed by atoms with Gasteiger partial charge in [0.15, 0.2) is 5.16 Å². The van der Waals surface area contributed by atoms with Gasteiger partial charge in [-0.05, 0) is 44.5 Å². The first-order valence-electron chi connectivity index (χ1n) is 9.00. The molecular weight excluding hydrogens is 358 g/mol. The van der Waals surface area contributed by atoms with E-state index in [-0.39, 0.29) is 23.3 Å². The van der Waals surface area contributed by atoms with Gasteiger partial charge in [0.2, 0.25) is 5.91 Å². The normalized spacial score (nSPS) is 12.1. The number of para-hydroxylation sites is 1. The van der Waals surface area contributed by atoms with E-state index in [0.29, 0.717) is 16.1 Å². The largest absolute Gasteiger partial charge is 0.353 e. The van der Waals surface area contributed by atoms with Gasteiger partial charge >= 0.3 is 0 Å². The van der Waals surface area contributed by atoms with Gasteiger partial charge in [0.1, 0.15) is 0 Å². The number of fused-ring (bicyclic) bond motifs is 1. The van der Waals surface area contributed by atoms with Gasteiger partial charge in [-0.2, -0.15) is 0 Å². The highest BCUT2D eigenvalue weighted by Gasteiger charge is 2.15. The van der Waals surface area contributed by atoms with Gasteiger partial charge in [0.25, 0.3) is 5.56 Å². The minimum Gasteiger partial charge on any atom is -0.353 e. The quantitative estimate of drug-likeness (QED) is 0.522. The van der Waals surface area contributed by atoms with Crippen LogP contribution in [-0.2, 0) is 4.79 Å². The molecule has 0 spiro atoms. The minimum atomic E-state index is -0.130. The van der Waals surface area contributed by atoms with Crippen LogP contribution in [0, 0.1) is 6.92 Å². The number of hydrogen-bond acceptors (Lipinski definition) is 4. The van der Waals surface area contributed by atoms with Crippen LogP contribution in [-0.4, -0.2) is 27.3 Å². The fraction of sp³-hybridized carbons (Fsp3) is 0.286. The number of carbonyl (C=O) groups excluding carboxylic acids is 1. The molecule has 6 heteroatoms. The summed E-state index contributed by atoms with van der Waals surface area (Å²) < 4.78 is 1.59. The molecule has 0 aliphatic carbocycles. The molecule has 1 amide bonds. The van der Waals surface area contributed by atoms with Gasteiger partial charge in [-0.15, -0.1) is 0 Å². The van der Waals surface area contributed by atoms with E-state index in [1.165, 1.54) is 11.8 Å². The number of thioether (sulfide) groups is 1. The number of nitrogens with one attached hydrogen (secondary N) is 1. The van der Waals surface area contributed by atoms with Crippen LogP contribution in [0.3, 0.4) is 0 Å². The summed E-state index contributed by atoms with van der Waals surface area (Å²) in [4.78, 5) is 29.9. The Morgan fingerprint density at radius 2 is 1.89 bits per heavy atom. The third kappa shape index (κ3) is 4.39. The minimum absolute atomic E-state index is 0.0628. The summed E-state index contributed by atoms with van der Waals surface area (Å²) in [6.07, 6.45) is 0.874. The Morgan fingerprint density at radius 1 is 1.19 bits per heavy atom. The zero-order valence-electron chi connectivity index (χ0n) is 15.7. The molecule has 0 fully saturated rings. The highest BCUT2D eigenvalue weighted by Crippen LogP contribution is 2.21. The van der Waals surface area contributed by atoms with Gasteiger partial charge in [0, 0.05) is 6.04 Å². The zero-order chi connectivity index (χ0) is 19.4. The molecule has 0 unspecified atom stereocenters. The molecule has 1 aromatic heterocycles. The average Bonchev–Trinajstić information content (AvgIpc) is 2.67. The highest BCUT2D eigenvalue weighted by molar-refractivity contribution is 7.99. The number of amides is 1. The Balaban J connectivity index is 2.02. The van der Waals surface area contributed by atoms with E-state index >= 15 is 0 Å². The molecule has 1 atom stereocenters. The zero-order valence-corrected chi connectivity index (χ0v) is 16.5. The maximum atomic E-state index is 13.1. The van der Waals surface area contributed by atoms with Crippen molar-refractivity contribution in [3.8, 4) is 5.69 Å². The second-order valence-electron chi connectivity index (χ2n) is 6.55. The molecule has 3 rings (SSSR count). The third-order valence-electron chi connectivity index (χ3n) is 4.39. The molecule has 0 aliphatic rings. The predicted molar refractivity (Wildman–Crippen MR) is 111 cm³/mol. The van der Waals surface area contributed by atoms with Crippen LogP contribution in [0.15, 0.2) is 58.5 Å². The molecule has 0 radical (unpaired) electrons. The maximum absolute atomic E-state index is 13.1. The fourth-order valence-electron chi connectivity index (χ4n) is 2.68. The lowest BCUT2D eigenvalue weighted by molar-refractivity contribution is -0.119. The summed E-state index contributed by atoms with van der Waals surface area (Å²) in [5.74, 6) is 0.147. The van der Waals surface area contributed by atoms with Crippen LogP contribution in [0.25, 0.3) is 16.6 Å². The van der Waals surface area contributed by atoms with Crippen molar-refractivity contribution in [3.05, 3.63) is 64.4 Å². The molecule has 0 bridgehead atoms. The molecule has 1 N–H and O–H groups in total. The van der Waals surface area contributed by atoms with Crippen molar-refractivity contribution in [3.63, 3.8) is 0 Å². The van der Waals surface area contributed by atoms with Crippen molar-refractivity contribution >= 4 is 28.6 Å². The Morgan fingerprint density at radius 3 is 2.59 bits per heavy atom. The van der Waals surface area contributed by atoms with Crippen molar-refractivity contribution in [2.75, 3.05) is 5.75 Å². The number of aryl methyl sites for hydroxylation is 1. The molecule has 1 heterocycles. The van der Waals surface area contributed by atoms with E-state index in [0.717, 1.165) is 17.7 Å². The molecule has 140 valence electrons. The molecule has 0 saturated heterocycles. The van der Waals surface area contributed by atoms with Gasteiger partial charge in [0.05, 0.1) is 22.3 Å². The summed E-state index contributed by atoms with van der Waals surface area (Å²) in [7, 11) is 0. The van der Waals surface area contributed by atoms with E-state index < -0.39 is 0 Å². The molecule has 0 aliphatic heterocycles. The summed E-state index contributed by atoms with van der Waals surface area (Å²) >= 11 is 1.28. The number of hydrogen-bond donors (Lipinski definition) is 1. The SMILES string of the molecule is CC[C@@H](C)NC(=O)CSc1nc2ccccc2c(=O)n1-c1ccc(C)cc1. The third-order valence-corrected chi connectivity index (χ3v) is 5.33. The van der Waals surface area contributed by atoms with Crippen LogP contribution >= 0.6 is 11.8 Å². The van der Waals surface area contributed by atoms with Gasteiger partial charge in [-0.25, -0.2) is 4.98 Å². The van der Waals surface area contributed by atoms with Crippen molar-refractivity contribution in [1.29, 1.82) is 0 Å². The Hall–Kier alpha value is -2.60. The number of aromatic nitrogens is 2. The van der Waals surface area contributed by atoms with Gasteiger partial charge < -0.3 is 5.32 Å². The average molecular weight is 382 g/mol. The Kier molecular flexibility index (Phi) is 5.96. The molecule has 0 saturated carbocycles. The van der Waals surface area contributed by atoms with Crippen molar-refractivity contribution in [2.45, 2.75) is 38.4 Å². The number of rotatable bonds is 6. The molecule has 27 heavy (non-hydrogen) atoms. The van der Waals surface area contributed by atoms with Crippen molar-refractivity contribution < 1.29 is 4.79 Å². The Labute approximate surface area is 162 Å². The number of carbonyl (C=O) groups is 1. The maximum Gasteiger partial charge on any atom is 0.266 e. The lowest BCUT2D eigenvalue weighted by Crippen LogP contribution is -2.33. The summed E-state index contributed by atoms with van der Waals surface area (Å²) in [5, 5.41) is 4.02. The van der Waals surface area contributed by atoms with Gasteiger partial charge in [-0.3, -0.25) is 14.2 Å². The van der Waals surface area contributed by atoms with Crippen LogP contribution < -0.4 is 10.9 Å². The smallest absolute Gasteiger partial charge is 0.266 e. The molecule has 5 nitrogen and oxygen atoms in total. The van der Waals surface area contributed by atoms with Crippen molar-refractivity contribution in [1.82, 2.24) is 14.9 Å². The summed E-state index contributed by atoms with van der Waals surface area (Å²) in [6.45, 7) is 6.00. The fourth-order valence-corrected chi connectivity index (χ4v) is 3.50. The monoisotopic (exact) mass is 381 g/mol. The van der Waals surface area contributed by atoms with Crippen LogP contribution in [0.5, 0.6) is 0 Å². The van der Waals surface area contributed by atoms with E-state index in [2.05, 4.69) is 10.3 Å². The van der Waals surface area contributed by atoms with Gasteiger partial charge in [-0.1, -0.05) is 48.5 Å². The van der Waals surface area contributed by atoms with Crippen LogP contribution in [0.1, 0.15) is 25.8 Å². The summed E-state index contributed by atoms with van der Waals surface area (Å²) in [6, 6.07) is 15.1. The first-order valence-corrected chi connectivity index (χ1v) is 9.99. The standard InChI is InChI=1S/C21H23N3O2S/c1-4-15(3)22-19(25)13-27-21-23-18-8-6-5-7-17(18)20(26)24(21)16-11-9-14(2)10-12-16/h5-12,15H,4,13H2,1-3H3,(H,22,25)/t15-/m1/s1. The summed E-state index contributed by atoms with van der Waals surface area (Å²) in [5.41, 5.74) is 2.36. The molecule has 2 aromatic carbocycles. The van der Waals surface area contributed by atoms with Crippen molar-refractivity contribution in [2.24, 2.45) is 0 Å². The Bertz CT molecular complexity index is 1010. The van der Waals surface area contributed by atoms with E-state index in [1.54, 1.807) is 10.6 Å². The van der Waals surface area contributed by atoms with E-state index in [1.807, 2.05) is 63.2 Å². The molecule has 3 aromatic rings. The van der Waals surface area contributed by atoms with E-state index in [9.17, 15) is 9.59 Å². The highest BCUT2D eigenvalue weighted by atomic mass is 32.2. The first-order chi connectivity index (χ1) is 13.0. The predicted octanol–water partition coefficient (Wildman–Crippen LogP) is 3.70. The second-order valence-corrected chi connectivity index (χ2v) is 7.50. The van der Waals surface area contributed by atoms with E-state index in [4.69, 9.17) is 0 Å². The van der Waals surface area contributed by atoms with Crippen LogP contribution in [0.4, 0.5) is 0 Å². The lowest BCUT2D eigenvalue weighted by Gasteiger charge is -2.14. The lowest BCUT2D eigenvalue weighted by atomic mass is 10.2.